The molecule has 0 unspecified atom stereocenters. The molecule has 1 fully saturated rings. The van der Waals surface area contributed by atoms with Gasteiger partial charge < -0.3 is 14.8 Å². The first-order chi connectivity index (χ1) is 12.6. The fourth-order valence-corrected chi connectivity index (χ4v) is 3.46. The molecule has 0 spiro atoms. The molecule has 0 bridgehead atoms. The van der Waals surface area contributed by atoms with Crippen LogP contribution in [0, 0.1) is 15.9 Å². The normalized spacial score (nSPS) is 16.1. The van der Waals surface area contributed by atoms with Crippen molar-refractivity contribution in [1.29, 1.82) is 0 Å². The number of benzene rings is 2. The van der Waals surface area contributed by atoms with Gasteiger partial charge in [0, 0.05) is 30.7 Å². The van der Waals surface area contributed by atoms with Crippen molar-refractivity contribution in [3.63, 3.8) is 0 Å². The zero-order valence-corrected chi connectivity index (χ0v) is 14.5. The molecule has 1 aliphatic rings. The maximum Gasteiger partial charge on any atom is 0.295 e. The van der Waals surface area contributed by atoms with E-state index >= 15 is 0 Å². The molecular formula is C19H21FN2O4. The van der Waals surface area contributed by atoms with E-state index in [0.29, 0.717) is 25.4 Å². The summed E-state index contributed by atoms with van der Waals surface area (Å²) in [6.07, 6.45) is 1.52. The Kier molecular flexibility index (Phi) is 5.37. The molecule has 3 rings (SSSR count). The van der Waals surface area contributed by atoms with Gasteiger partial charge in [0.15, 0.2) is 0 Å². The van der Waals surface area contributed by atoms with Crippen LogP contribution in [-0.4, -0.2) is 31.8 Å². The van der Waals surface area contributed by atoms with Crippen LogP contribution >= 0.6 is 0 Å². The first-order valence-electron chi connectivity index (χ1n) is 8.45. The summed E-state index contributed by atoms with van der Waals surface area (Å²) >= 11 is 0. The van der Waals surface area contributed by atoms with Crippen molar-refractivity contribution in [3.8, 4) is 5.75 Å². The van der Waals surface area contributed by atoms with Crippen molar-refractivity contribution >= 4 is 11.4 Å². The highest BCUT2D eigenvalue weighted by Crippen LogP contribution is 2.40. The van der Waals surface area contributed by atoms with Gasteiger partial charge in [-0.25, -0.2) is 4.39 Å². The van der Waals surface area contributed by atoms with Crippen molar-refractivity contribution in [2.24, 2.45) is 0 Å². The maximum absolute atomic E-state index is 13.4. The van der Waals surface area contributed by atoms with Crippen LogP contribution in [0.3, 0.4) is 0 Å². The molecule has 1 heterocycles. The molecule has 0 saturated carbocycles. The number of halogens is 1. The predicted molar refractivity (Wildman–Crippen MR) is 96.3 cm³/mol. The van der Waals surface area contributed by atoms with Crippen LogP contribution in [-0.2, 0) is 10.2 Å². The molecule has 1 N–H and O–H groups in total. The minimum atomic E-state index is -0.632. The molecule has 26 heavy (non-hydrogen) atoms. The SMILES string of the molecule is COc1ccccc1C1(CNc2ccc(F)cc2[N+](=O)[O-])CCOCC1. The Labute approximate surface area is 151 Å². The number of nitrogens with one attached hydrogen (secondary N) is 1. The molecular weight excluding hydrogens is 339 g/mol. The molecule has 1 aliphatic heterocycles. The number of rotatable bonds is 6. The van der Waals surface area contributed by atoms with E-state index in [0.717, 1.165) is 30.2 Å². The molecule has 0 atom stereocenters. The second-order valence-corrected chi connectivity index (χ2v) is 6.37. The second-order valence-electron chi connectivity index (χ2n) is 6.37. The van der Waals surface area contributed by atoms with Crippen LogP contribution < -0.4 is 10.1 Å². The minimum Gasteiger partial charge on any atom is -0.496 e. The lowest BCUT2D eigenvalue weighted by molar-refractivity contribution is -0.384. The smallest absolute Gasteiger partial charge is 0.295 e. The highest BCUT2D eigenvalue weighted by atomic mass is 19.1. The predicted octanol–water partition coefficient (Wildman–Crippen LogP) is 3.90. The fourth-order valence-electron chi connectivity index (χ4n) is 3.46. The molecule has 0 amide bonds. The first kappa shape index (κ1) is 18.1. The monoisotopic (exact) mass is 360 g/mol. The number of nitro benzene ring substituents is 1. The molecule has 0 aromatic heterocycles. The van der Waals surface area contributed by atoms with Crippen LogP contribution in [0.5, 0.6) is 5.75 Å². The molecule has 2 aromatic carbocycles. The summed E-state index contributed by atoms with van der Waals surface area (Å²) in [5.74, 6) is 0.151. The van der Waals surface area contributed by atoms with Crippen molar-refractivity contribution in [2.45, 2.75) is 18.3 Å². The number of nitro groups is 1. The lowest BCUT2D eigenvalue weighted by Gasteiger charge is -2.38. The van der Waals surface area contributed by atoms with Gasteiger partial charge in [0.1, 0.15) is 17.3 Å². The Bertz CT molecular complexity index is 791. The van der Waals surface area contributed by atoms with Crippen molar-refractivity contribution < 1.29 is 18.8 Å². The number of nitrogens with zero attached hydrogens (tertiary/aromatic N) is 1. The van der Waals surface area contributed by atoms with Crippen LogP contribution in [0.1, 0.15) is 18.4 Å². The summed E-state index contributed by atoms with van der Waals surface area (Å²) < 4.78 is 24.4. The number of hydrogen-bond donors (Lipinski definition) is 1. The van der Waals surface area contributed by atoms with E-state index in [1.54, 1.807) is 7.11 Å². The Morgan fingerprint density at radius 1 is 1.27 bits per heavy atom. The largest absolute Gasteiger partial charge is 0.496 e. The highest BCUT2D eigenvalue weighted by Gasteiger charge is 2.37. The van der Waals surface area contributed by atoms with Gasteiger partial charge in [0.05, 0.1) is 18.1 Å². The summed E-state index contributed by atoms with van der Waals surface area (Å²) in [6, 6.07) is 11.3. The van der Waals surface area contributed by atoms with Crippen molar-refractivity contribution in [1.82, 2.24) is 0 Å². The lowest BCUT2D eigenvalue weighted by atomic mass is 9.73. The number of anilines is 1. The van der Waals surface area contributed by atoms with E-state index < -0.39 is 10.7 Å². The first-order valence-corrected chi connectivity index (χ1v) is 8.45. The number of methoxy groups -OCH3 is 1. The number of hydrogen-bond acceptors (Lipinski definition) is 5. The van der Waals surface area contributed by atoms with E-state index in [1.807, 2.05) is 24.3 Å². The molecule has 1 saturated heterocycles. The van der Waals surface area contributed by atoms with Gasteiger partial charge in [-0.3, -0.25) is 10.1 Å². The van der Waals surface area contributed by atoms with E-state index in [9.17, 15) is 14.5 Å². The van der Waals surface area contributed by atoms with E-state index in [-0.39, 0.29) is 11.1 Å². The van der Waals surface area contributed by atoms with E-state index in [1.165, 1.54) is 12.1 Å². The van der Waals surface area contributed by atoms with Crippen LogP contribution in [0.2, 0.25) is 0 Å². The summed E-state index contributed by atoms with van der Waals surface area (Å²) in [5.41, 5.74) is 0.792. The van der Waals surface area contributed by atoms with E-state index in [2.05, 4.69) is 5.32 Å². The van der Waals surface area contributed by atoms with Crippen LogP contribution in [0.15, 0.2) is 42.5 Å². The fraction of sp³-hybridized carbons (Fsp3) is 0.368. The van der Waals surface area contributed by atoms with Crippen molar-refractivity contribution in [2.75, 3.05) is 32.2 Å². The van der Waals surface area contributed by atoms with Gasteiger partial charge in [0.25, 0.3) is 5.69 Å². The lowest BCUT2D eigenvalue weighted by Crippen LogP contribution is -2.40. The zero-order valence-electron chi connectivity index (χ0n) is 14.5. The Balaban J connectivity index is 1.92. The van der Waals surface area contributed by atoms with Crippen molar-refractivity contribution in [3.05, 3.63) is 64.0 Å². The third-order valence-corrected chi connectivity index (χ3v) is 4.90. The third kappa shape index (κ3) is 3.62. The topological polar surface area (TPSA) is 73.6 Å². The summed E-state index contributed by atoms with van der Waals surface area (Å²) in [6.45, 7) is 1.67. The maximum atomic E-state index is 13.4. The third-order valence-electron chi connectivity index (χ3n) is 4.90. The zero-order chi connectivity index (χ0) is 18.6. The van der Waals surface area contributed by atoms with Gasteiger partial charge in [-0.1, -0.05) is 18.2 Å². The Hall–Kier alpha value is -2.67. The quantitative estimate of drug-likeness (QED) is 0.625. The minimum absolute atomic E-state index is 0.271. The van der Waals surface area contributed by atoms with Gasteiger partial charge in [-0.15, -0.1) is 0 Å². The molecule has 7 heteroatoms. The summed E-state index contributed by atoms with van der Waals surface area (Å²) in [4.78, 5) is 10.7. The van der Waals surface area contributed by atoms with E-state index in [4.69, 9.17) is 9.47 Å². The second kappa shape index (κ2) is 7.70. The van der Waals surface area contributed by atoms with Gasteiger partial charge in [-0.05, 0) is 31.0 Å². The van der Waals surface area contributed by atoms with Gasteiger partial charge in [0.2, 0.25) is 0 Å². The van der Waals surface area contributed by atoms with Gasteiger partial charge in [-0.2, -0.15) is 0 Å². The molecule has 6 nitrogen and oxygen atoms in total. The van der Waals surface area contributed by atoms with Gasteiger partial charge >= 0.3 is 0 Å². The Morgan fingerprint density at radius 3 is 2.69 bits per heavy atom. The van der Waals surface area contributed by atoms with Crippen LogP contribution in [0.4, 0.5) is 15.8 Å². The summed E-state index contributed by atoms with van der Waals surface area (Å²) in [5, 5.41) is 14.4. The number of ether oxygens (including phenoxy) is 2. The molecule has 2 aromatic rings. The number of para-hydroxylation sites is 1. The standard InChI is InChI=1S/C19H21FN2O4/c1-25-18-5-3-2-4-15(18)19(8-10-26-11-9-19)13-21-16-7-6-14(20)12-17(16)22(23)24/h2-7,12,21H,8-11,13H2,1H3. The summed E-state index contributed by atoms with van der Waals surface area (Å²) in [7, 11) is 1.63. The Morgan fingerprint density at radius 2 is 2.00 bits per heavy atom. The molecule has 0 radical (unpaired) electrons. The molecule has 0 aliphatic carbocycles. The molecule has 138 valence electrons. The van der Waals surface area contributed by atoms with Crippen LogP contribution in [0.25, 0.3) is 0 Å². The average molecular weight is 360 g/mol. The average Bonchev–Trinajstić information content (AvgIpc) is 2.67. The highest BCUT2D eigenvalue weighted by molar-refractivity contribution is 5.62.